The minimum absolute atomic E-state index is 0.0517. The lowest BCUT2D eigenvalue weighted by atomic mass is 10.0. The third-order valence-corrected chi connectivity index (χ3v) is 4.00. The molecule has 0 spiro atoms. The van der Waals surface area contributed by atoms with Gasteiger partial charge in [-0.3, -0.25) is 0 Å². The highest BCUT2D eigenvalue weighted by Crippen LogP contribution is 2.23. The van der Waals surface area contributed by atoms with E-state index in [9.17, 15) is 0 Å². The number of hydrogen-bond acceptors (Lipinski definition) is 2. The van der Waals surface area contributed by atoms with Gasteiger partial charge in [-0.05, 0) is 34.5 Å². The van der Waals surface area contributed by atoms with Gasteiger partial charge >= 0.3 is 0 Å². The maximum atomic E-state index is 6.09. The van der Waals surface area contributed by atoms with Crippen LogP contribution in [0.25, 0.3) is 0 Å². The maximum Gasteiger partial charge on any atom is 0.169 e. The van der Waals surface area contributed by atoms with Crippen LogP contribution in [0.4, 0.5) is 0 Å². The van der Waals surface area contributed by atoms with E-state index in [0.29, 0.717) is 0 Å². The zero-order valence-electron chi connectivity index (χ0n) is 12.2. The van der Waals surface area contributed by atoms with Gasteiger partial charge in [-0.2, -0.15) is 0 Å². The van der Waals surface area contributed by atoms with Crippen molar-refractivity contribution in [3.05, 3.63) is 22.6 Å². The highest BCUT2D eigenvalue weighted by Gasteiger charge is 2.09. The summed E-state index contributed by atoms with van der Waals surface area (Å²) < 4.78 is 6.24. The Morgan fingerprint density at radius 2 is 1.58 bits per heavy atom. The first-order chi connectivity index (χ1) is 9.24. The lowest BCUT2D eigenvalue weighted by Crippen LogP contribution is -2.08. The first-order valence-corrected chi connectivity index (χ1v) is 8.54. The molecule has 1 atom stereocenters. The van der Waals surface area contributed by atoms with Crippen molar-refractivity contribution in [2.24, 2.45) is 5.73 Å². The van der Waals surface area contributed by atoms with E-state index in [4.69, 9.17) is 10.2 Å². The quantitative estimate of drug-likeness (QED) is 0.508. The monoisotopic (exact) mass is 329 g/mol. The van der Waals surface area contributed by atoms with Crippen LogP contribution < -0.4 is 5.73 Å². The summed E-state index contributed by atoms with van der Waals surface area (Å²) in [5, 5.41) is 0. The largest absolute Gasteiger partial charge is 0.453 e. The molecular weight excluding hydrogens is 302 g/mol. The summed E-state index contributed by atoms with van der Waals surface area (Å²) in [7, 11) is 0. The maximum absolute atomic E-state index is 6.09. The van der Waals surface area contributed by atoms with E-state index in [1.807, 2.05) is 12.1 Å². The summed E-state index contributed by atoms with van der Waals surface area (Å²) in [4.78, 5) is 0. The lowest BCUT2D eigenvalue weighted by molar-refractivity contribution is 0.425. The van der Waals surface area contributed by atoms with Crippen LogP contribution in [0.5, 0.6) is 0 Å². The molecule has 0 aliphatic carbocycles. The Bertz CT molecular complexity index is 324. The molecule has 1 unspecified atom stereocenters. The highest BCUT2D eigenvalue weighted by atomic mass is 79.9. The molecule has 0 radical (unpaired) electrons. The molecule has 2 nitrogen and oxygen atoms in total. The second-order valence-corrected chi connectivity index (χ2v) is 6.15. The number of nitrogens with two attached hydrogens (primary N) is 1. The van der Waals surface area contributed by atoms with E-state index in [-0.39, 0.29) is 6.04 Å². The fourth-order valence-electron chi connectivity index (χ4n) is 2.34. The molecule has 1 heterocycles. The van der Waals surface area contributed by atoms with Gasteiger partial charge in [0.1, 0.15) is 5.76 Å². The summed E-state index contributed by atoms with van der Waals surface area (Å²) in [6.07, 6.45) is 13.2. The highest BCUT2D eigenvalue weighted by molar-refractivity contribution is 9.10. The molecule has 1 aromatic heterocycles. The fourth-order valence-corrected chi connectivity index (χ4v) is 2.66. The van der Waals surface area contributed by atoms with Crippen molar-refractivity contribution < 1.29 is 4.42 Å². The predicted octanol–water partition coefficient (Wildman–Crippen LogP) is 5.96. The molecule has 2 N–H and O–H groups in total. The van der Waals surface area contributed by atoms with Crippen LogP contribution in [0.15, 0.2) is 21.2 Å². The summed E-state index contributed by atoms with van der Waals surface area (Å²) >= 11 is 3.31. The number of rotatable bonds is 11. The number of halogens is 1. The van der Waals surface area contributed by atoms with E-state index in [1.165, 1.54) is 57.8 Å². The van der Waals surface area contributed by atoms with Gasteiger partial charge in [0.15, 0.2) is 4.67 Å². The molecule has 110 valence electrons. The average molecular weight is 330 g/mol. The molecule has 3 heteroatoms. The van der Waals surface area contributed by atoms with E-state index in [0.717, 1.165) is 16.9 Å². The first kappa shape index (κ1) is 16.8. The van der Waals surface area contributed by atoms with Crippen molar-refractivity contribution in [2.45, 2.75) is 77.2 Å². The topological polar surface area (TPSA) is 39.2 Å². The molecule has 19 heavy (non-hydrogen) atoms. The molecular formula is C16H28BrNO. The second-order valence-electron chi connectivity index (χ2n) is 5.37. The van der Waals surface area contributed by atoms with Crippen molar-refractivity contribution in [1.82, 2.24) is 0 Å². The Morgan fingerprint density at radius 1 is 1.00 bits per heavy atom. The Balaban J connectivity index is 1.93. The van der Waals surface area contributed by atoms with Gasteiger partial charge in [0.25, 0.3) is 0 Å². The van der Waals surface area contributed by atoms with Crippen molar-refractivity contribution >= 4 is 15.9 Å². The van der Waals surface area contributed by atoms with E-state index < -0.39 is 0 Å². The average Bonchev–Trinajstić information content (AvgIpc) is 2.83. The molecule has 0 aliphatic rings. The Morgan fingerprint density at radius 3 is 2.11 bits per heavy atom. The second kappa shape index (κ2) is 10.5. The van der Waals surface area contributed by atoms with Gasteiger partial charge in [0.2, 0.25) is 0 Å². The minimum atomic E-state index is 0.0517. The summed E-state index contributed by atoms with van der Waals surface area (Å²) in [5.41, 5.74) is 6.09. The van der Waals surface area contributed by atoms with Crippen LogP contribution in [0.2, 0.25) is 0 Å². The third kappa shape index (κ3) is 7.78. The summed E-state index contributed by atoms with van der Waals surface area (Å²) in [6.45, 7) is 2.26. The smallest absolute Gasteiger partial charge is 0.169 e. The Kier molecular flexibility index (Phi) is 9.27. The van der Waals surface area contributed by atoms with Gasteiger partial charge in [-0.1, -0.05) is 64.7 Å². The van der Waals surface area contributed by atoms with Crippen LogP contribution >= 0.6 is 15.9 Å². The molecule has 0 saturated heterocycles. The standard InChI is InChI=1S/C16H28BrNO/c1-2-3-4-5-6-7-8-9-10-11-14(18)15-12-13-16(17)19-15/h12-14H,2-11,18H2,1H3. The summed E-state index contributed by atoms with van der Waals surface area (Å²) in [6, 6.07) is 3.92. The van der Waals surface area contributed by atoms with Crippen LogP contribution in [-0.2, 0) is 0 Å². The minimum Gasteiger partial charge on any atom is -0.453 e. The molecule has 1 aromatic rings. The van der Waals surface area contributed by atoms with Crippen molar-refractivity contribution in [3.63, 3.8) is 0 Å². The van der Waals surface area contributed by atoms with Crippen LogP contribution in [0.1, 0.15) is 82.9 Å². The van der Waals surface area contributed by atoms with Gasteiger partial charge in [-0.15, -0.1) is 0 Å². The number of hydrogen-bond donors (Lipinski definition) is 1. The third-order valence-electron chi connectivity index (χ3n) is 3.58. The van der Waals surface area contributed by atoms with E-state index >= 15 is 0 Å². The van der Waals surface area contributed by atoms with Gasteiger partial charge < -0.3 is 10.2 Å². The number of unbranched alkanes of at least 4 members (excludes halogenated alkanes) is 8. The normalized spacial score (nSPS) is 12.8. The molecule has 0 bridgehead atoms. The molecule has 0 fully saturated rings. The van der Waals surface area contributed by atoms with Crippen LogP contribution in [0, 0.1) is 0 Å². The molecule has 1 rings (SSSR count). The zero-order valence-corrected chi connectivity index (χ0v) is 13.8. The van der Waals surface area contributed by atoms with Crippen LogP contribution in [0.3, 0.4) is 0 Å². The summed E-state index contributed by atoms with van der Waals surface area (Å²) in [5.74, 6) is 0.895. The lowest BCUT2D eigenvalue weighted by Gasteiger charge is -2.08. The zero-order chi connectivity index (χ0) is 13.9. The van der Waals surface area contributed by atoms with Gasteiger partial charge in [0, 0.05) is 0 Å². The van der Waals surface area contributed by atoms with Crippen LogP contribution in [-0.4, -0.2) is 0 Å². The molecule has 0 saturated carbocycles. The fraction of sp³-hybridized carbons (Fsp3) is 0.750. The van der Waals surface area contributed by atoms with Crippen molar-refractivity contribution in [3.8, 4) is 0 Å². The molecule has 0 aliphatic heterocycles. The number of furan rings is 1. The van der Waals surface area contributed by atoms with Gasteiger partial charge in [-0.25, -0.2) is 0 Å². The van der Waals surface area contributed by atoms with Gasteiger partial charge in [0.05, 0.1) is 6.04 Å². The van der Waals surface area contributed by atoms with E-state index in [2.05, 4.69) is 22.9 Å². The van der Waals surface area contributed by atoms with E-state index in [1.54, 1.807) is 0 Å². The predicted molar refractivity (Wildman–Crippen MR) is 85.2 cm³/mol. The molecule has 0 aromatic carbocycles. The first-order valence-electron chi connectivity index (χ1n) is 7.75. The Hall–Kier alpha value is -0.280. The molecule has 0 amide bonds. The SMILES string of the molecule is CCCCCCCCCCCC(N)c1ccc(Br)o1. The van der Waals surface area contributed by atoms with Crippen molar-refractivity contribution in [2.75, 3.05) is 0 Å². The van der Waals surface area contributed by atoms with Crippen molar-refractivity contribution in [1.29, 1.82) is 0 Å². The Labute approximate surface area is 126 Å².